The first-order valence-corrected chi connectivity index (χ1v) is 6.20. The van der Waals surface area contributed by atoms with E-state index in [1.165, 1.54) is 31.4 Å². The van der Waals surface area contributed by atoms with E-state index < -0.39 is 5.82 Å². The lowest BCUT2D eigenvalue weighted by atomic mass is 9.67. The van der Waals surface area contributed by atoms with Crippen LogP contribution >= 0.6 is 0 Å². The lowest BCUT2D eigenvalue weighted by molar-refractivity contribution is 0.0846. The summed E-state index contributed by atoms with van der Waals surface area (Å²) >= 11 is 0. The smallest absolute Gasteiger partial charge is 0.254 e. The normalized spacial score (nSPS) is 17.3. The Bertz CT molecular complexity index is 407. The summed E-state index contributed by atoms with van der Waals surface area (Å²) in [5.74, 6) is -0.757. The molecule has 0 aromatic heterocycles. The van der Waals surface area contributed by atoms with Gasteiger partial charge in [0.25, 0.3) is 5.91 Å². The van der Waals surface area contributed by atoms with Crippen LogP contribution in [0.4, 0.5) is 4.39 Å². The number of carbonyl (C=O) groups excluding carboxylic acids is 1. The number of nitrogens with one attached hydrogen (secondary N) is 1. The first-order valence-electron chi connectivity index (χ1n) is 6.20. The predicted molar refractivity (Wildman–Crippen MR) is 65.3 cm³/mol. The van der Waals surface area contributed by atoms with E-state index in [0.717, 1.165) is 6.42 Å². The molecule has 1 aromatic rings. The van der Waals surface area contributed by atoms with Gasteiger partial charge in [-0.1, -0.05) is 25.5 Å². The summed E-state index contributed by atoms with van der Waals surface area (Å²) in [4.78, 5) is 11.8. The van der Waals surface area contributed by atoms with Crippen molar-refractivity contribution < 1.29 is 9.18 Å². The Labute approximate surface area is 101 Å². The third kappa shape index (κ3) is 2.48. The van der Waals surface area contributed by atoms with Crippen molar-refractivity contribution in [3.63, 3.8) is 0 Å². The molecule has 1 amide bonds. The third-order valence-electron chi connectivity index (χ3n) is 3.91. The minimum Gasteiger partial charge on any atom is -0.351 e. The van der Waals surface area contributed by atoms with Gasteiger partial charge in [0.1, 0.15) is 5.82 Å². The van der Waals surface area contributed by atoms with Crippen molar-refractivity contribution in [1.29, 1.82) is 0 Å². The van der Waals surface area contributed by atoms with Gasteiger partial charge in [-0.3, -0.25) is 4.79 Å². The van der Waals surface area contributed by atoms with Crippen LogP contribution < -0.4 is 5.32 Å². The van der Waals surface area contributed by atoms with Crippen LogP contribution in [0, 0.1) is 11.2 Å². The average molecular weight is 235 g/mol. The largest absolute Gasteiger partial charge is 0.351 e. The zero-order chi connectivity index (χ0) is 12.3. The zero-order valence-electron chi connectivity index (χ0n) is 10.1. The molecule has 2 nitrogen and oxygen atoms in total. The number of benzene rings is 1. The van der Waals surface area contributed by atoms with Gasteiger partial charge in [-0.2, -0.15) is 0 Å². The standard InChI is InChI=1S/C14H18FNO/c1-2-14(8-5-9-14)10-16-13(17)11-6-3-4-7-12(11)15/h3-4,6-7H,2,5,8-10H2,1H3,(H,16,17). The molecule has 1 aliphatic rings. The van der Waals surface area contributed by atoms with Gasteiger partial charge in [0.05, 0.1) is 5.56 Å². The van der Waals surface area contributed by atoms with E-state index in [9.17, 15) is 9.18 Å². The number of rotatable bonds is 4. The fourth-order valence-corrected chi connectivity index (χ4v) is 2.34. The molecule has 2 rings (SSSR count). The molecule has 0 heterocycles. The van der Waals surface area contributed by atoms with E-state index in [-0.39, 0.29) is 16.9 Å². The first-order chi connectivity index (χ1) is 8.17. The average Bonchev–Trinajstić information content (AvgIpc) is 2.28. The first kappa shape index (κ1) is 12.1. The van der Waals surface area contributed by atoms with Crippen LogP contribution in [-0.2, 0) is 0 Å². The van der Waals surface area contributed by atoms with Gasteiger partial charge in [0.15, 0.2) is 0 Å². The number of carbonyl (C=O) groups is 1. The Morgan fingerprint density at radius 3 is 2.65 bits per heavy atom. The molecule has 0 aliphatic heterocycles. The topological polar surface area (TPSA) is 29.1 Å². The predicted octanol–water partition coefficient (Wildman–Crippen LogP) is 3.14. The van der Waals surface area contributed by atoms with Crippen LogP contribution in [0.5, 0.6) is 0 Å². The van der Waals surface area contributed by atoms with Gasteiger partial charge in [0.2, 0.25) is 0 Å². The van der Waals surface area contributed by atoms with Crippen molar-refractivity contribution in [2.24, 2.45) is 5.41 Å². The molecule has 1 aromatic carbocycles. The number of halogens is 1. The molecule has 3 heteroatoms. The van der Waals surface area contributed by atoms with Crippen molar-refractivity contribution >= 4 is 5.91 Å². The number of hydrogen-bond donors (Lipinski definition) is 1. The zero-order valence-corrected chi connectivity index (χ0v) is 10.1. The fourth-order valence-electron chi connectivity index (χ4n) is 2.34. The van der Waals surface area contributed by atoms with Gasteiger partial charge >= 0.3 is 0 Å². The second-order valence-corrected chi connectivity index (χ2v) is 4.87. The summed E-state index contributed by atoms with van der Waals surface area (Å²) in [5, 5.41) is 2.85. The number of hydrogen-bond acceptors (Lipinski definition) is 1. The van der Waals surface area contributed by atoms with E-state index in [2.05, 4.69) is 12.2 Å². The van der Waals surface area contributed by atoms with Gasteiger partial charge in [-0.15, -0.1) is 0 Å². The van der Waals surface area contributed by atoms with Crippen molar-refractivity contribution in [2.75, 3.05) is 6.54 Å². The van der Waals surface area contributed by atoms with Crippen LogP contribution in [0.3, 0.4) is 0 Å². The van der Waals surface area contributed by atoms with E-state index >= 15 is 0 Å². The van der Waals surface area contributed by atoms with E-state index in [0.29, 0.717) is 6.54 Å². The maximum absolute atomic E-state index is 13.4. The fraction of sp³-hybridized carbons (Fsp3) is 0.500. The molecule has 0 radical (unpaired) electrons. The summed E-state index contributed by atoms with van der Waals surface area (Å²) in [6.45, 7) is 2.81. The highest BCUT2D eigenvalue weighted by molar-refractivity contribution is 5.94. The van der Waals surface area contributed by atoms with Gasteiger partial charge in [-0.25, -0.2) is 4.39 Å². The molecular weight excluding hydrogens is 217 g/mol. The Morgan fingerprint density at radius 1 is 1.41 bits per heavy atom. The van der Waals surface area contributed by atoms with Gasteiger partial charge in [0, 0.05) is 6.54 Å². The Balaban J connectivity index is 1.96. The number of amides is 1. The summed E-state index contributed by atoms with van der Waals surface area (Å²) in [5.41, 5.74) is 0.402. The summed E-state index contributed by atoms with van der Waals surface area (Å²) in [6.07, 6.45) is 4.65. The van der Waals surface area contributed by atoms with Gasteiger partial charge in [-0.05, 0) is 36.8 Å². The molecule has 92 valence electrons. The van der Waals surface area contributed by atoms with Crippen molar-refractivity contribution in [3.8, 4) is 0 Å². The van der Waals surface area contributed by atoms with E-state index in [1.807, 2.05) is 0 Å². The van der Waals surface area contributed by atoms with E-state index in [1.54, 1.807) is 12.1 Å². The maximum atomic E-state index is 13.4. The van der Waals surface area contributed by atoms with Gasteiger partial charge < -0.3 is 5.32 Å². The molecule has 0 bridgehead atoms. The van der Waals surface area contributed by atoms with Crippen LogP contribution in [0.15, 0.2) is 24.3 Å². The second-order valence-electron chi connectivity index (χ2n) is 4.87. The molecule has 1 fully saturated rings. The minimum absolute atomic E-state index is 0.137. The van der Waals surface area contributed by atoms with Crippen molar-refractivity contribution in [1.82, 2.24) is 5.32 Å². The second kappa shape index (κ2) is 4.86. The molecule has 17 heavy (non-hydrogen) atoms. The molecule has 1 N–H and O–H groups in total. The summed E-state index contributed by atoms with van der Waals surface area (Å²) in [6, 6.07) is 6.10. The quantitative estimate of drug-likeness (QED) is 0.853. The Morgan fingerprint density at radius 2 is 2.12 bits per heavy atom. The summed E-state index contributed by atoms with van der Waals surface area (Å²) in [7, 11) is 0. The molecule has 0 spiro atoms. The van der Waals surface area contributed by atoms with Crippen LogP contribution in [0.25, 0.3) is 0 Å². The highest BCUT2D eigenvalue weighted by Crippen LogP contribution is 2.43. The molecule has 0 atom stereocenters. The Hall–Kier alpha value is -1.38. The van der Waals surface area contributed by atoms with Crippen LogP contribution in [0.2, 0.25) is 0 Å². The van der Waals surface area contributed by atoms with E-state index in [4.69, 9.17) is 0 Å². The molecular formula is C14H18FNO. The van der Waals surface area contributed by atoms with Crippen molar-refractivity contribution in [2.45, 2.75) is 32.6 Å². The highest BCUT2D eigenvalue weighted by atomic mass is 19.1. The van der Waals surface area contributed by atoms with Crippen LogP contribution in [-0.4, -0.2) is 12.5 Å². The highest BCUT2D eigenvalue weighted by Gasteiger charge is 2.35. The van der Waals surface area contributed by atoms with Crippen LogP contribution in [0.1, 0.15) is 43.0 Å². The Kier molecular flexibility index (Phi) is 3.46. The molecule has 0 unspecified atom stereocenters. The summed E-state index contributed by atoms with van der Waals surface area (Å²) < 4.78 is 13.4. The lowest BCUT2D eigenvalue weighted by Crippen LogP contribution is -2.41. The lowest BCUT2D eigenvalue weighted by Gasteiger charge is -2.41. The third-order valence-corrected chi connectivity index (χ3v) is 3.91. The maximum Gasteiger partial charge on any atom is 0.254 e. The van der Waals surface area contributed by atoms with Crippen molar-refractivity contribution in [3.05, 3.63) is 35.6 Å². The molecule has 1 saturated carbocycles. The monoisotopic (exact) mass is 235 g/mol. The molecule has 1 aliphatic carbocycles. The SMILES string of the molecule is CCC1(CNC(=O)c2ccccc2F)CCC1. The minimum atomic E-state index is -0.454. The molecule has 0 saturated heterocycles.